The van der Waals surface area contributed by atoms with Crippen molar-refractivity contribution in [2.45, 2.75) is 39.3 Å². The Bertz CT molecular complexity index is 336. The lowest BCUT2D eigenvalue weighted by atomic mass is 10.2. The van der Waals surface area contributed by atoms with Gasteiger partial charge in [-0.15, -0.1) is 0 Å². The van der Waals surface area contributed by atoms with E-state index in [9.17, 15) is 0 Å². The topological polar surface area (TPSA) is 26.0 Å². The Balaban J connectivity index is 0.000000437. The number of hydrogen-bond acceptors (Lipinski definition) is 1. The molecule has 1 aromatic carbocycles. The van der Waals surface area contributed by atoms with E-state index in [1.165, 1.54) is 10.8 Å². The van der Waals surface area contributed by atoms with E-state index in [1.54, 1.807) is 0 Å². The van der Waals surface area contributed by atoms with E-state index in [0.29, 0.717) is 0 Å². The van der Waals surface area contributed by atoms with E-state index in [1.807, 2.05) is 6.08 Å². The molecule has 0 fully saturated rings. The average Bonchev–Trinajstić information content (AvgIpc) is 2.14. The molecule has 0 amide bonds. The molecule has 0 unspecified atom stereocenters. The second kappa shape index (κ2) is 6.33. The quantitative estimate of drug-likeness (QED) is 0.812. The van der Waals surface area contributed by atoms with Crippen molar-refractivity contribution in [3.05, 3.63) is 36.4 Å². The van der Waals surface area contributed by atoms with Crippen LogP contribution in [0.1, 0.15) is 5.56 Å². The Labute approximate surface area is 109 Å². The van der Waals surface area contributed by atoms with E-state index < -0.39 is 16.3 Å². The fraction of sp³-hybridized carbons (Fsp3) is 0.429. The minimum absolute atomic E-state index is 1.10. The monoisotopic (exact) mass is 265 g/mol. The fourth-order valence-corrected chi connectivity index (χ4v) is 2.29. The number of nitrogens with two attached hydrogens (primary N) is 1. The number of benzene rings is 1. The highest BCUT2D eigenvalue weighted by Gasteiger charge is 2.14. The van der Waals surface area contributed by atoms with Gasteiger partial charge in [0.15, 0.2) is 0 Å². The summed E-state index contributed by atoms with van der Waals surface area (Å²) in [6, 6.07) is 8.73. The second-order valence-corrected chi connectivity index (χ2v) is 16.3. The summed E-state index contributed by atoms with van der Waals surface area (Å²) < 4.78 is 0. The van der Waals surface area contributed by atoms with Gasteiger partial charge in [0.25, 0.3) is 0 Å². The second-order valence-electron chi connectivity index (χ2n) is 6.44. The van der Waals surface area contributed by atoms with Crippen molar-refractivity contribution in [3.63, 3.8) is 0 Å². The molecular weight excluding hydrogens is 238 g/mol. The van der Waals surface area contributed by atoms with Gasteiger partial charge in [0.05, 0.1) is 8.07 Å². The average molecular weight is 266 g/mol. The highest BCUT2D eigenvalue weighted by Crippen LogP contribution is 2.04. The maximum Gasteiger partial charge on any atom is 0.113 e. The highest BCUT2D eigenvalue weighted by atomic mass is 28.3. The summed E-state index contributed by atoms with van der Waals surface area (Å²) in [5.41, 5.74) is 1.21. The van der Waals surface area contributed by atoms with Crippen LogP contribution >= 0.6 is 0 Å². The van der Waals surface area contributed by atoms with Crippen molar-refractivity contribution < 1.29 is 0 Å². The molecule has 0 aliphatic rings. The third kappa shape index (κ3) is 9.09. The van der Waals surface area contributed by atoms with Crippen molar-refractivity contribution in [1.29, 1.82) is 0 Å². The van der Waals surface area contributed by atoms with Crippen molar-refractivity contribution in [3.8, 4) is 0 Å². The lowest BCUT2D eigenvalue weighted by molar-refractivity contribution is 1.58. The van der Waals surface area contributed by atoms with Gasteiger partial charge in [-0.05, 0) is 5.56 Å². The predicted molar refractivity (Wildman–Crippen MR) is 87.0 cm³/mol. The molecule has 0 aliphatic heterocycles. The number of hydrogen-bond donors (Lipinski definition) is 1. The van der Waals surface area contributed by atoms with Crippen molar-refractivity contribution >= 4 is 27.6 Å². The van der Waals surface area contributed by atoms with Crippen LogP contribution in [0.2, 0.25) is 39.3 Å². The standard InChI is InChI=1S/C11H16Si.C3H11NSi/c1-5-10-6-8-11(9-7-10)12(2,3)4;1-5(2,3)4/h5-9H,1H2,2-4H3;4H2,1-3H3. The van der Waals surface area contributed by atoms with Gasteiger partial charge in [0.1, 0.15) is 8.24 Å². The maximum absolute atomic E-state index is 5.49. The zero-order valence-corrected chi connectivity index (χ0v) is 14.2. The smallest absolute Gasteiger partial charge is 0.113 e. The molecule has 0 aromatic heterocycles. The van der Waals surface area contributed by atoms with Crippen molar-refractivity contribution in [2.24, 2.45) is 5.40 Å². The van der Waals surface area contributed by atoms with Gasteiger partial charge in [-0.3, -0.25) is 0 Å². The van der Waals surface area contributed by atoms with Crippen LogP contribution in [-0.2, 0) is 0 Å². The van der Waals surface area contributed by atoms with Gasteiger partial charge in [-0.25, -0.2) is 0 Å². The first kappa shape index (κ1) is 16.4. The third-order valence-corrected chi connectivity index (χ3v) is 4.08. The van der Waals surface area contributed by atoms with E-state index in [0.717, 1.165) is 0 Å². The Morgan fingerprint density at radius 2 is 1.29 bits per heavy atom. The molecule has 1 rings (SSSR count). The van der Waals surface area contributed by atoms with Gasteiger partial charge in [-0.2, -0.15) is 0 Å². The maximum atomic E-state index is 5.49. The molecule has 2 N–H and O–H groups in total. The summed E-state index contributed by atoms with van der Waals surface area (Å²) in [7, 11) is -2.21. The molecule has 3 heteroatoms. The SMILES string of the molecule is C=Cc1ccc([Si](C)(C)C)cc1.C[Si](C)(C)N. The summed E-state index contributed by atoms with van der Waals surface area (Å²) in [4.78, 5) is 0. The van der Waals surface area contributed by atoms with Crippen LogP contribution in [-0.4, -0.2) is 16.3 Å². The summed E-state index contributed by atoms with van der Waals surface area (Å²) in [5.74, 6) is 0. The summed E-state index contributed by atoms with van der Waals surface area (Å²) in [6.07, 6.45) is 1.88. The minimum Gasteiger partial charge on any atom is -0.351 e. The molecule has 0 spiro atoms. The summed E-state index contributed by atoms with van der Waals surface area (Å²) in [6.45, 7) is 17.1. The predicted octanol–water partition coefficient (Wildman–Crippen LogP) is 3.65. The zero-order chi connectivity index (χ0) is 13.7. The van der Waals surface area contributed by atoms with E-state index in [4.69, 9.17) is 5.40 Å². The normalized spacial score (nSPS) is 11.5. The van der Waals surface area contributed by atoms with E-state index >= 15 is 0 Å². The molecular formula is C14H27NSi2. The minimum atomic E-state index is -1.11. The van der Waals surface area contributed by atoms with Crippen molar-refractivity contribution in [1.82, 2.24) is 0 Å². The van der Waals surface area contributed by atoms with Gasteiger partial charge >= 0.3 is 0 Å². The molecule has 17 heavy (non-hydrogen) atoms. The lowest BCUT2D eigenvalue weighted by Crippen LogP contribution is -2.37. The van der Waals surface area contributed by atoms with Gasteiger partial charge in [0, 0.05) is 0 Å². The Morgan fingerprint density at radius 1 is 0.941 bits per heavy atom. The Hall–Kier alpha value is -0.646. The Kier molecular flexibility index (Phi) is 6.09. The molecule has 0 bridgehead atoms. The molecule has 0 saturated heterocycles. The molecule has 0 atom stereocenters. The van der Waals surface area contributed by atoms with E-state index in [2.05, 4.69) is 70.1 Å². The third-order valence-electron chi connectivity index (χ3n) is 2.01. The molecule has 1 aromatic rings. The zero-order valence-electron chi connectivity index (χ0n) is 12.2. The molecule has 0 radical (unpaired) electrons. The molecule has 96 valence electrons. The van der Waals surface area contributed by atoms with Crippen LogP contribution in [0.15, 0.2) is 30.8 Å². The van der Waals surface area contributed by atoms with Crippen LogP contribution in [0.3, 0.4) is 0 Å². The van der Waals surface area contributed by atoms with Crippen LogP contribution in [0.4, 0.5) is 0 Å². The van der Waals surface area contributed by atoms with Crippen molar-refractivity contribution in [2.75, 3.05) is 0 Å². The van der Waals surface area contributed by atoms with Gasteiger partial charge < -0.3 is 5.40 Å². The fourth-order valence-electron chi connectivity index (χ4n) is 1.12. The first-order valence-corrected chi connectivity index (χ1v) is 13.1. The Morgan fingerprint density at radius 3 is 1.53 bits per heavy atom. The first-order chi connectivity index (χ1) is 7.54. The van der Waals surface area contributed by atoms with Gasteiger partial charge in [-0.1, -0.05) is 81.4 Å². The molecule has 0 heterocycles. The largest absolute Gasteiger partial charge is 0.351 e. The summed E-state index contributed by atoms with van der Waals surface area (Å²) >= 11 is 0. The van der Waals surface area contributed by atoms with Gasteiger partial charge in [0.2, 0.25) is 0 Å². The molecule has 1 nitrogen and oxygen atoms in total. The number of rotatable bonds is 2. The first-order valence-electron chi connectivity index (χ1n) is 6.06. The highest BCUT2D eigenvalue weighted by molar-refractivity contribution is 6.88. The molecule has 0 aliphatic carbocycles. The van der Waals surface area contributed by atoms with E-state index in [-0.39, 0.29) is 0 Å². The van der Waals surface area contributed by atoms with Crippen LogP contribution in [0.5, 0.6) is 0 Å². The lowest BCUT2D eigenvalue weighted by Gasteiger charge is -2.16. The molecule has 0 saturated carbocycles. The van der Waals surface area contributed by atoms with Crippen LogP contribution < -0.4 is 10.6 Å². The van der Waals surface area contributed by atoms with Crippen LogP contribution in [0, 0.1) is 0 Å². The van der Waals surface area contributed by atoms with Crippen LogP contribution in [0.25, 0.3) is 6.08 Å². The summed E-state index contributed by atoms with van der Waals surface area (Å²) in [5, 5.41) is 7.00.